The zero-order valence-electron chi connectivity index (χ0n) is 12.6. The van der Waals surface area contributed by atoms with Crippen LogP contribution in [0, 0.1) is 17.2 Å². The Morgan fingerprint density at radius 1 is 1.38 bits per heavy atom. The second-order valence-corrected chi connectivity index (χ2v) is 8.80. The molecule has 0 amide bonds. The third-order valence-electron chi connectivity index (χ3n) is 4.29. The van der Waals surface area contributed by atoms with Crippen molar-refractivity contribution >= 4 is 33.0 Å². The topological polar surface area (TPSA) is 81.4 Å². The van der Waals surface area contributed by atoms with Gasteiger partial charge in [0.05, 0.1) is 5.56 Å². The Morgan fingerprint density at radius 3 is 2.79 bits per heavy atom. The number of aliphatic hydroxyl groups excluding tert-OH is 1. The zero-order chi connectivity index (χ0) is 17.3. The molecule has 1 aliphatic rings. The van der Waals surface area contributed by atoms with E-state index in [-0.39, 0.29) is 42.0 Å². The van der Waals surface area contributed by atoms with E-state index in [4.69, 9.17) is 11.6 Å². The second-order valence-electron chi connectivity index (χ2n) is 5.68. The van der Waals surface area contributed by atoms with Gasteiger partial charge >= 0.3 is 0 Å². The number of thiophene rings is 1. The van der Waals surface area contributed by atoms with Crippen molar-refractivity contribution in [2.75, 3.05) is 19.7 Å². The first-order valence-electron chi connectivity index (χ1n) is 7.30. The number of nitrogens with zero attached hydrogens (tertiary/aromatic N) is 2. The van der Waals surface area contributed by atoms with Crippen LogP contribution in [0.5, 0.6) is 0 Å². The molecule has 2 heterocycles. The molecule has 0 unspecified atom stereocenters. The molecule has 2 atom stereocenters. The van der Waals surface area contributed by atoms with Gasteiger partial charge in [0.25, 0.3) is 0 Å². The van der Waals surface area contributed by atoms with Crippen LogP contribution in [0.2, 0.25) is 5.02 Å². The summed E-state index contributed by atoms with van der Waals surface area (Å²) < 4.78 is 27.3. The predicted octanol–water partition coefficient (Wildman–Crippen LogP) is 2.67. The molecule has 0 aliphatic carbocycles. The van der Waals surface area contributed by atoms with Gasteiger partial charge in [-0.15, -0.1) is 0 Å². The SMILES string of the molecule is N#Cc1cc(Cl)ccc1S(=O)(=O)N1C[C@@H](CO)[C@@H](c2ccsc2)C1. The molecule has 0 bridgehead atoms. The van der Waals surface area contributed by atoms with Crippen LogP contribution in [0.25, 0.3) is 0 Å². The molecular weight excluding hydrogens is 368 g/mol. The van der Waals surface area contributed by atoms with Crippen LogP contribution in [-0.2, 0) is 10.0 Å². The first-order valence-corrected chi connectivity index (χ1v) is 10.1. The minimum absolute atomic E-state index is 0.0297. The Balaban J connectivity index is 1.96. The van der Waals surface area contributed by atoms with Gasteiger partial charge in [-0.3, -0.25) is 0 Å². The molecule has 1 fully saturated rings. The Kier molecular flexibility index (Phi) is 4.95. The molecule has 1 N–H and O–H groups in total. The minimum Gasteiger partial charge on any atom is -0.396 e. The van der Waals surface area contributed by atoms with Crippen molar-refractivity contribution in [3.05, 3.63) is 51.2 Å². The summed E-state index contributed by atoms with van der Waals surface area (Å²) in [4.78, 5) is -0.0444. The standard InChI is InChI=1S/C16H15ClN2O3S2/c17-14-1-2-16(12(5-14)6-18)24(21,22)19-7-13(9-20)15(8-19)11-3-4-23-10-11/h1-5,10,13,15,20H,7-9H2/t13-,15+/m0/s1. The smallest absolute Gasteiger partial charge is 0.244 e. The third-order valence-corrected chi connectivity index (χ3v) is 7.12. The molecule has 5 nitrogen and oxygen atoms in total. The highest BCUT2D eigenvalue weighted by Crippen LogP contribution is 2.37. The minimum atomic E-state index is -3.82. The summed E-state index contributed by atoms with van der Waals surface area (Å²) in [7, 11) is -3.82. The molecule has 24 heavy (non-hydrogen) atoms. The molecule has 2 aromatic rings. The van der Waals surface area contributed by atoms with Crippen LogP contribution in [0.1, 0.15) is 17.0 Å². The normalized spacial score (nSPS) is 21.7. The van der Waals surface area contributed by atoms with Gasteiger partial charge in [-0.2, -0.15) is 20.9 Å². The Hall–Kier alpha value is -1.43. The summed E-state index contributed by atoms with van der Waals surface area (Å²) in [5.74, 6) is -0.207. The van der Waals surface area contributed by atoms with Crippen molar-refractivity contribution < 1.29 is 13.5 Å². The number of benzene rings is 1. The highest BCUT2D eigenvalue weighted by Gasteiger charge is 2.40. The maximum atomic E-state index is 13.0. The van der Waals surface area contributed by atoms with Crippen LogP contribution in [0.3, 0.4) is 0 Å². The lowest BCUT2D eigenvalue weighted by atomic mass is 9.92. The number of halogens is 1. The van der Waals surface area contributed by atoms with Gasteiger partial charge < -0.3 is 5.11 Å². The van der Waals surface area contributed by atoms with Crippen LogP contribution < -0.4 is 0 Å². The molecule has 1 aromatic carbocycles. The van der Waals surface area contributed by atoms with Crippen LogP contribution >= 0.6 is 22.9 Å². The highest BCUT2D eigenvalue weighted by molar-refractivity contribution is 7.89. The summed E-state index contributed by atoms with van der Waals surface area (Å²) in [5, 5.41) is 23.1. The lowest BCUT2D eigenvalue weighted by molar-refractivity contribution is 0.223. The lowest BCUT2D eigenvalue weighted by Crippen LogP contribution is -2.30. The van der Waals surface area contributed by atoms with E-state index in [1.807, 2.05) is 22.9 Å². The van der Waals surface area contributed by atoms with E-state index in [2.05, 4.69) is 0 Å². The first kappa shape index (κ1) is 17.4. The number of hydrogen-bond donors (Lipinski definition) is 1. The Morgan fingerprint density at radius 2 is 2.17 bits per heavy atom. The monoisotopic (exact) mass is 382 g/mol. The summed E-state index contributed by atoms with van der Waals surface area (Å²) in [5.41, 5.74) is 1.07. The van der Waals surface area contributed by atoms with Crippen molar-refractivity contribution in [3.63, 3.8) is 0 Å². The zero-order valence-corrected chi connectivity index (χ0v) is 15.0. The van der Waals surface area contributed by atoms with Gasteiger partial charge in [0.15, 0.2) is 0 Å². The van der Waals surface area contributed by atoms with Crippen molar-refractivity contribution in [3.8, 4) is 6.07 Å². The quantitative estimate of drug-likeness (QED) is 0.881. The summed E-state index contributed by atoms with van der Waals surface area (Å²) in [6.45, 7) is 0.433. The van der Waals surface area contributed by atoms with E-state index in [0.29, 0.717) is 5.02 Å². The van der Waals surface area contributed by atoms with Gasteiger partial charge in [-0.25, -0.2) is 8.42 Å². The van der Waals surface area contributed by atoms with Gasteiger partial charge in [0, 0.05) is 36.6 Å². The maximum Gasteiger partial charge on any atom is 0.244 e. The van der Waals surface area contributed by atoms with Gasteiger partial charge in [0.1, 0.15) is 11.0 Å². The average molecular weight is 383 g/mol. The average Bonchev–Trinajstić information content (AvgIpc) is 3.23. The van der Waals surface area contributed by atoms with Crippen molar-refractivity contribution in [2.24, 2.45) is 5.92 Å². The van der Waals surface area contributed by atoms with E-state index >= 15 is 0 Å². The molecule has 0 radical (unpaired) electrons. The van der Waals surface area contributed by atoms with Gasteiger partial charge in [0.2, 0.25) is 10.0 Å². The summed E-state index contributed by atoms with van der Waals surface area (Å²) in [6, 6.07) is 8.03. The number of nitriles is 1. The van der Waals surface area contributed by atoms with E-state index in [0.717, 1.165) is 5.56 Å². The van der Waals surface area contributed by atoms with Crippen molar-refractivity contribution in [1.82, 2.24) is 4.31 Å². The summed E-state index contributed by atoms with van der Waals surface area (Å²) >= 11 is 7.39. The second kappa shape index (κ2) is 6.82. The van der Waals surface area contributed by atoms with Crippen molar-refractivity contribution in [2.45, 2.75) is 10.8 Å². The third kappa shape index (κ3) is 3.08. The number of hydrogen-bond acceptors (Lipinski definition) is 5. The number of aliphatic hydroxyl groups is 1. The van der Waals surface area contributed by atoms with E-state index in [1.165, 1.54) is 22.5 Å². The molecule has 3 rings (SSSR count). The fourth-order valence-electron chi connectivity index (χ4n) is 3.03. The predicted molar refractivity (Wildman–Crippen MR) is 92.6 cm³/mol. The fourth-order valence-corrected chi connectivity index (χ4v) is 5.57. The first-order chi connectivity index (χ1) is 11.5. The van der Waals surface area contributed by atoms with Crippen molar-refractivity contribution in [1.29, 1.82) is 5.26 Å². The molecule has 1 aromatic heterocycles. The number of rotatable bonds is 4. The molecule has 8 heteroatoms. The summed E-state index contributed by atoms with van der Waals surface area (Å²) in [6.07, 6.45) is 0. The number of sulfonamides is 1. The molecule has 0 saturated carbocycles. The van der Waals surface area contributed by atoms with Gasteiger partial charge in [-0.05, 0) is 40.6 Å². The molecular formula is C16H15ClN2O3S2. The van der Waals surface area contributed by atoms with Gasteiger partial charge in [-0.1, -0.05) is 11.6 Å². The maximum absolute atomic E-state index is 13.0. The Bertz CT molecular complexity index is 875. The largest absolute Gasteiger partial charge is 0.396 e. The van der Waals surface area contributed by atoms with Crippen LogP contribution in [0.15, 0.2) is 39.9 Å². The molecule has 1 aliphatic heterocycles. The molecule has 0 spiro atoms. The molecule has 1 saturated heterocycles. The van der Waals surface area contributed by atoms with E-state index < -0.39 is 10.0 Å². The Labute approximate surface area is 149 Å². The highest BCUT2D eigenvalue weighted by atomic mass is 35.5. The van der Waals surface area contributed by atoms with E-state index in [9.17, 15) is 18.8 Å². The van der Waals surface area contributed by atoms with Crippen LogP contribution in [-0.4, -0.2) is 37.5 Å². The van der Waals surface area contributed by atoms with E-state index in [1.54, 1.807) is 11.3 Å². The van der Waals surface area contributed by atoms with Crippen LogP contribution in [0.4, 0.5) is 0 Å². The fraction of sp³-hybridized carbons (Fsp3) is 0.312. The molecule has 126 valence electrons. The lowest BCUT2D eigenvalue weighted by Gasteiger charge is -2.17.